The van der Waals surface area contributed by atoms with E-state index in [2.05, 4.69) is 34.5 Å². The molecular weight excluding hydrogens is 250 g/mol. The predicted molar refractivity (Wildman–Crippen MR) is 77.1 cm³/mol. The predicted octanol–water partition coefficient (Wildman–Crippen LogP) is 2.85. The Hall–Kier alpha value is -0.550. The van der Waals surface area contributed by atoms with Crippen molar-refractivity contribution in [3.8, 4) is 0 Å². The molecule has 2 atom stereocenters. The van der Waals surface area contributed by atoms with Crippen molar-refractivity contribution in [3.63, 3.8) is 0 Å². The van der Waals surface area contributed by atoms with Crippen LogP contribution in [-0.4, -0.2) is 28.0 Å². The van der Waals surface area contributed by atoms with Crippen molar-refractivity contribution in [3.05, 3.63) is 16.1 Å². The maximum absolute atomic E-state index is 4.62. The Labute approximate surface area is 111 Å². The smallest absolute Gasteiger partial charge is 0.157 e. The summed E-state index contributed by atoms with van der Waals surface area (Å²) in [6, 6.07) is 0.548. The summed E-state index contributed by atoms with van der Waals surface area (Å²) in [4.78, 5) is 9.07. The van der Waals surface area contributed by atoms with Crippen LogP contribution < -0.4 is 5.32 Å². The highest BCUT2D eigenvalue weighted by Gasteiger charge is 2.19. The standard InChI is InChI=1S/C12H19N3S2/c1-8-6-10(3)17-12(15-8)13-5-4-11-14-9(2)7-16-11/h7-8,10H,4-6H2,1-3H3,(H,13,15). The summed E-state index contributed by atoms with van der Waals surface area (Å²) in [5.74, 6) is 0. The molecule has 1 aliphatic heterocycles. The number of aryl methyl sites for hydroxylation is 1. The monoisotopic (exact) mass is 269 g/mol. The SMILES string of the molecule is Cc1csc(CCN=C2NC(C)CC(C)S2)n1. The highest BCUT2D eigenvalue weighted by Crippen LogP contribution is 2.22. The highest BCUT2D eigenvalue weighted by atomic mass is 32.2. The minimum Gasteiger partial charge on any atom is -0.362 e. The first-order valence-electron chi connectivity index (χ1n) is 6.02. The second kappa shape index (κ2) is 5.87. The molecule has 0 bridgehead atoms. The summed E-state index contributed by atoms with van der Waals surface area (Å²) in [5.41, 5.74) is 1.12. The van der Waals surface area contributed by atoms with E-state index >= 15 is 0 Å². The number of nitrogens with one attached hydrogen (secondary N) is 1. The minimum atomic E-state index is 0.548. The van der Waals surface area contributed by atoms with E-state index in [1.807, 2.05) is 18.7 Å². The molecule has 0 amide bonds. The molecule has 1 aromatic rings. The van der Waals surface area contributed by atoms with E-state index in [-0.39, 0.29) is 0 Å². The third kappa shape index (κ3) is 4.00. The molecule has 0 spiro atoms. The van der Waals surface area contributed by atoms with E-state index in [9.17, 15) is 0 Å². The zero-order chi connectivity index (χ0) is 12.3. The van der Waals surface area contributed by atoms with E-state index in [0.29, 0.717) is 11.3 Å². The van der Waals surface area contributed by atoms with Crippen LogP contribution in [0.1, 0.15) is 31.0 Å². The van der Waals surface area contributed by atoms with Crippen molar-refractivity contribution in [2.45, 2.75) is 44.9 Å². The highest BCUT2D eigenvalue weighted by molar-refractivity contribution is 8.14. The number of aromatic nitrogens is 1. The van der Waals surface area contributed by atoms with Gasteiger partial charge in [0.15, 0.2) is 5.17 Å². The Kier molecular flexibility index (Phi) is 4.45. The van der Waals surface area contributed by atoms with Crippen molar-refractivity contribution in [2.24, 2.45) is 4.99 Å². The molecule has 0 aliphatic carbocycles. The van der Waals surface area contributed by atoms with Gasteiger partial charge in [0.2, 0.25) is 0 Å². The Morgan fingerprint density at radius 2 is 2.35 bits per heavy atom. The third-order valence-electron chi connectivity index (χ3n) is 2.62. The van der Waals surface area contributed by atoms with Gasteiger partial charge in [0, 0.05) is 35.3 Å². The van der Waals surface area contributed by atoms with E-state index in [1.54, 1.807) is 11.3 Å². The van der Waals surface area contributed by atoms with Crippen molar-refractivity contribution in [1.82, 2.24) is 10.3 Å². The van der Waals surface area contributed by atoms with Crippen LogP contribution in [0.3, 0.4) is 0 Å². The molecule has 2 rings (SSSR count). The van der Waals surface area contributed by atoms with Gasteiger partial charge in [-0.3, -0.25) is 4.99 Å². The van der Waals surface area contributed by atoms with Gasteiger partial charge in [-0.25, -0.2) is 4.98 Å². The third-order valence-corrected chi connectivity index (χ3v) is 4.71. The van der Waals surface area contributed by atoms with Gasteiger partial charge < -0.3 is 5.32 Å². The Bertz CT molecular complexity index is 388. The molecule has 1 aromatic heterocycles. The molecule has 17 heavy (non-hydrogen) atoms. The average Bonchev–Trinajstić information content (AvgIpc) is 2.63. The van der Waals surface area contributed by atoms with Crippen molar-refractivity contribution < 1.29 is 0 Å². The summed E-state index contributed by atoms with van der Waals surface area (Å²) in [6.45, 7) is 7.35. The minimum absolute atomic E-state index is 0.548. The van der Waals surface area contributed by atoms with Gasteiger partial charge >= 0.3 is 0 Å². The quantitative estimate of drug-likeness (QED) is 0.917. The maximum Gasteiger partial charge on any atom is 0.157 e. The number of thioether (sulfide) groups is 1. The van der Waals surface area contributed by atoms with Crippen LogP contribution in [0.25, 0.3) is 0 Å². The Morgan fingerprint density at radius 1 is 1.53 bits per heavy atom. The zero-order valence-electron chi connectivity index (χ0n) is 10.6. The first-order valence-corrected chi connectivity index (χ1v) is 7.78. The fraction of sp³-hybridized carbons (Fsp3) is 0.667. The lowest BCUT2D eigenvalue weighted by Gasteiger charge is -2.26. The normalized spacial score (nSPS) is 27.1. The molecule has 94 valence electrons. The summed E-state index contributed by atoms with van der Waals surface area (Å²) >= 11 is 3.58. The fourth-order valence-corrected chi connectivity index (χ4v) is 3.86. The Balaban J connectivity index is 1.83. The topological polar surface area (TPSA) is 37.3 Å². The summed E-state index contributed by atoms with van der Waals surface area (Å²) in [6.07, 6.45) is 2.17. The fourth-order valence-electron chi connectivity index (χ4n) is 1.89. The van der Waals surface area contributed by atoms with E-state index < -0.39 is 0 Å². The molecule has 1 N–H and O–H groups in total. The Morgan fingerprint density at radius 3 is 3.00 bits per heavy atom. The van der Waals surface area contributed by atoms with Crippen molar-refractivity contribution >= 4 is 28.3 Å². The molecule has 2 heterocycles. The molecule has 5 heteroatoms. The van der Waals surface area contributed by atoms with Gasteiger partial charge in [-0.1, -0.05) is 18.7 Å². The molecule has 2 unspecified atom stereocenters. The summed E-state index contributed by atoms with van der Waals surface area (Å²) in [5, 5.41) is 8.49. The van der Waals surface area contributed by atoms with Gasteiger partial charge in [-0.05, 0) is 20.3 Å². The van der Waals surface area contributed by atoms with Crippen LogP contribution in [0, 0.1) is 6.92 Å². The molecular formula is C12H19N3S2. The number of hydrogen-bond donors (Lipinski definition) is 1. The van der Waals surface area contributed by atoms with Crippen LogP contribution in [0.15, 0.2) is 10.4 Å². The molecule has 1 saturated heterocycles. The zero-order valence-corrected chi connectivity index (χ0v) is 12.2. The van der Waals surface area contributed by atoms with Crippen LogP contribution in [0.5, 0.6) is 0 Å². The van der Waals surface area contributed by atoms with Crippen LogP contribution in [-0.2, 0) is 6.42 Å². The van der Waals surface area contributed by atoms with Gasteiger partial charge in [-0.15, -0.1) is 11.3 Å². The lowest BCUT2D eigenvalue weighted by atomic mass is 10.2. The van der Waals surface area contributed by atoms with Crippen molar-refractivity contribution in [1.29, 1.82) is 0 Å². The molecule has 1 fully saturated rings. The molecule has 0 radical (unpaired) electrons. The largest absolute Gasteiger partial charge is 0.362 e. The second-order valence-electron chi connectivity index (χ2n) is 4.53. The van der Waals surface area contributed by atoms with Crippen LogP contribution in [0.4, 0.5) is 0 Å². The maximum atomic E-state index is 4.62. The number of rotatable bonds is 3. The molecule has 0 aromatic carbocycles. The van der Waals surface area contributed by atoms with Crippen LogP contribution in [0.2, 0.25) is 0 Å². The van der Waals surface area contributed by atoms with Crippen molar-refractivity contribution in [2.75, 3.05) is 6.54 Å². The van der Waals surface area contributed by atoms with Gasteiger partial charge in [0.25, 0.3) is 0 Å². The number of nitrogens with zero attached hydrogens (tertiary/aromatic N) is 2. The number of aliphatic imine (C=N–C) groups is 1. The number of amidine groups is 1. The first-order chi connectivity index (χ1) is 8.13. The van der Waals surface area contributed by atoms with E-state index in [4.69, 9.17) is 0 Å². The number of thiazole rings is 1. The first kappa shape index (κ1) is 12.9. The molecule has 0 saturated carbocycles. The molecule has 1 aliphatic rings. The van der Waals surface area contributed by atoms with Gasteiger partial charge in [0.1, 0.15) is 0 Å². The lowest BCUT2D eigenvalue weighted by molar-refractivity contribution is 0.597. The second-order valence-corrected chi connectivity index (χ2v) is 6.90. The molecule has 3 nitrogen and oxygen atoms in total. The summed E-state index contributed by atoms with van der Waals surface area (Å²) in [7, 11) is 0. The van der Waals surface area contributed by atoms with E-state index in [1.165, 1.54) is 11.4 Å². The average molecular weight is 269 g/mol. The summed E-state index contributed by atoms with van der Waals surface area (Å²) < 4.78 is 0. The van der Waals surface area contributed by atoms with Crippen LogP contribution >= 0.6 is 23.1 Å². The number of hydrogen-bond acceptors (Lipinski definition) is 4. The van der Waals surface area contributed by atoms with Gasteiger partial charge in [-0.2, -0.15) is 0 Å². The van der Waals surface area contributed by atoms with E-state index in [0.717, 1.165) is 23.8 Å². The van der Waals surface area contributed by atoms with Gasteiger partial charge in [0.05, 0.1) is 5.01 Å². The lowest BCUT2D eigenvalue weighted by Crippen LogP contribution is -2.38.